The van der Waals surface area contributed by atoms with Crippen molar-refractivity contribution >= 4 is 17.4 Å². The summed E-state index contributed by atoms with van der Waals surface area (Å²) >= 11 is 0. The molecule has 78 valence electrons. The Kier molecular flexibility index (Phi) is 2.07. The Labute approximate surface area is 86.5 Å². The van der Waals surface area contributed by atoms with E-state index in [4.69, 9.17) is 0 Å². The molecule has 4 heteroatoms. The Morgan fingerprint density at radius 2 is 1.93 bits per heavy atom. The molecule has 1 aliphatic rings. The second-order valence-electron chi connectivity index (χ2n) is 3.76. The predicted molar refractivity (Wildman–Crippen MR) is 53.4 cm³/mol. The first kappa shape index (κ1) is 9.83. The summed E-state index contributed by atoms with van der Waals surface area (Å²) in [6.07, 6.45) is 0. The third-order valence-corrected chi connectivity index (χ3v) is 2.39. The maximum atomic E-state index is 13.0. The van der Waals surface area contributed by atoms with Crippen molar-refractivity contribution in [3.63, 3.8) is 0 Å². The van der Waals surface area contributed by atoms with E-state index >= 15 is 0 Å². The maximum Gasteiger partial charge on any atom is 0.299 e. The smallest absolute Gasteiger partial charge is 0.299 e. The Morgan fingerprint density at radius 1 is 1.27 bits per heavy atom. The lowest BCUT2D eigenvalue weighted by Gasteiger charge is -2.20. The molecule has 0 aliphatic carbocycles. The molecule has 15 heavy (non-hydrogen) atoms. The molecule has 2 rings (SSSR count). The zero-order valence-electron chi connectivity index (χ0n) is 8.45. The third kappa shape index (κ3) is 1.33. The van der Waals surface area contributed by atoms with Gasteiger partial charge in [0.25, 0.3) is 11.7 Å². The number of Topliss-reactive ketones (excluding diaryl/α,β-unsaturated/α-hetero) is 1. The second-order valence-corrected chi connectivity index (χ2v) is 3.76. The minimum Gasteiger partial charge on any atom is -0.302 e. The number of anilines is 1. The van der Waals surface area contributed by atoms with Crippen molar-refractivity contribution in [1.29, 1.82) is 0 Å². The Bertz CT molecular complexity index is 454. The molecule has 1 amide bonds. The van der Waals surface area contributed by atoms with Crippen LogP contribution in [0, 0.1) is 5.82 Å². The fourth-order valence-electron chi connectivity index (χ4n) is 1.74. The molecule has 0 saturated heterocycles. The van der Waals surface area contributed by atoms with Crippen LogP contribution in [0.25, 0.3) is 0 Å². The van der Waals surface area contributed by atoms with Crippen LogP contribution in [0.15, 0.2) is 18.2 Å². The van der Waals surface area contributed by atoms with Crippen molar-refractivity contribution in [3.8, 4) is 0 Å². The third-order valence-electron chi connectivity index (χ3n) is 2.39. The van der Waals surface area contributed by atoms with Gasteiger partial charge in [0.2, 0.25) is 0 Å². The van der Waals surface area contributed by atoms with Gasteiger partial charge in [-0.25, -0.2) is 4.39 Å². The molecular formula is C11H10FNO2. The van der Waals surface area contributed by atoms with Gasteiger partial charge in [-0.2, -0.15) is 0 Å². The van der Waals surface area contributed by atoms with Gasteiger partial charge in [0.15, 0.2) is 0 Å². The summed E-state index contributed by atoms with van der Waals surface area (Å²) in [5.41, 5.74) is 0.662. The molecule has 1 aromatic carbocycles. The lowest BCUT2D eigenvalue weighted by molar-refractivity contribution is -0.114. The summed E-state index contributed by atoms with van der Waals surface area (Å²) in [5, 5.41) is 0. The summed E-state index contributed by atoms with van der Waals surface area (Å²) in [7, 11) is 0. The van der Waals surface area contributed by atoms with Gasteiger partial charge in [-0.1, -0.05) is 0 Å². The average molecular weight is 207 g/mol. The number of rotatable bonds is 1. The Balaban J connectivity index is 2.62. The molecule has 0 aromatic heterocycles. The highest BCUT2D eigenvalue weighted by molar-refractivity contribution is 6.52. The normalized spacial score (nSPS) is 15.1. The van der Waals surface area contributed by atoms with Crippen molar-refractivity contribution in [3.05, 3.63) is 29.6 Å². The van der Waals surface area contributed by atoms with Gasteiger partial charge < -0.3 is 4.90 Å². The Hall–Kier alpha value is -1.71. The largest absolute Gasteiger partial charge is 0.302 e. The van der Waals surface area contributed by atoms with E-state index in [9.17, 15) is 14.0 Å². The molecule has 0 N–H and O–H groups in total. The zero-order valence-corrected chi connectivity index (χ0v) is 8.45. The summed E-state index contributed by atoms with van der Waals surface area (Å²) < 4.78 is 13.0. The fourth-order valence-corrected chi connectivity index (χ4v) is 1.74. The SMILES string of the molecule is CC(C)N1C(=O)C(=O)c2ccc(F)cc21. The minimum atomic E-state index is -0.578. The van der Waals surface area contributed by atoms with Crippen molar-refractivity contribution in [2.24, 2.45) is 0 Å². The average Bonchev–Trinajstić information content (AvgIpc) is 2.39. The molecule has 1 heterocycles. The first-order chi connectivity index (χ1) is 7.02. The molecule has 0 atom stereocenters. The molecule has 0 saturated carbocycles. The lowest BCUT2D eigenvalue weighted by atomic mass is 10.1. The number of carbonyl (C=O) groups is 2. The lowest BCUT2D eigenvalue weighted by Crippen LogP contribution is -2.35. The van der Waals surface area contributed by atoms with Crippen molar-refractivity contribution in [2.75, 3.05) is 4.90 Å². The molecule has 0 unspecified atom stereocenters. The summed E-state index contributed by atoms with van der Waals surface area (Å²) in [5.74, 6) is -1.58. The molecule has 0 bridgehead atoms. The standard InChI is InChI=1S/C11H10FNO2/c1-6(2)13-9-5-7(12)3-4-8(9)10(14)11(13)15/h3-6H,1-2H3. The van der Waals surface area contributed by atoms with Gasteiger partial charge in [0.1, 0.15) is 5.82 Å². The van der Waals surface area contributed by atoms with Gasteiger partial charge in [0.05, 0.1) is 11.3 Å². The first-order valence-electron chi connectivity index (χ1n) is 4.70. The molecule has 1 aromatic rings. The number of halogens is 1. The highest BCUT2D eigenvalue weighted by Crippen LogP contribution is 2.30. The highest BCUT2D eigenvalue weighted by atomic mass is 19.1. The topological polar surface area (TPSA) is 37.4 Å². The number of hydrogen-bond acceptors (Lipinski definition) is 2. The van der Waals surface area contributed by atoms with E-state index in [-0.39, 0.29) is 11.6 Å². The van der Waals surface area contributed by atoms with Crippen LogP contribution in [-0.4, -0.2) is 17.7 Å². The zero-order chi connectivity index (χ0) is 11.2. The molecule has 0 spiro atoms. The summed E-state index contributed by atoms with van der Waals surface area (Å²) in [6.45, 7) is 3.57. The van der Waals surface area contributed by atoms with Crippen LogP contribution in [-0.2, 0) is 4.79 Å². The number of ketones is 1. The number of nitrogens with zero attached hydrogens (tertiary/aromatic N) is 1. The van der Waals surface area contributed by atoms with E-state index in [1.54, 1.807) is 13.8 Å². The fraction of sp³-hybridized carbons (Fsp3) is 0.273. The number of hydrogen-bond donors (Lipinski definition) is 0. The molecular weight excluding hydrogens is 197 g/mol. The van der Waals surface area contributed by atoms with Gasteiger partial charge in [-0.15, -0.1) is 0 Å². The van der Waals surface area contributed by atoms with Crippen LogP contribution >= 0.6 is 0 Å². The van der Waals surface area contributed by atoms with Gasteiger partial charge in [-0.05, 0) is 32.0 Å². The number of amides is 1. The molecule has 0 fully saturated rings. The van der Waals surface area contributed by atoms with Crippen molar-refractivity contribution in [1.82, 2.24) is 0 Å². The highest BCUT2D eigenvalue weighted by Gasteiger charge is 2.37. The number of fused-ring (bicyclic) bond motifs is 1. The summed E-state index contributed by atoms with van der Waals surface area (Å²) in [4.78, 5) is 24.4. The van der Waals surface area contributed by atoms with Crippen LogP contribution in [0.1, 0.15) is 24.2 Å². The molecule has 3 nitrogen and oxygen atoms in total. The predicted octanol–water partition coefficient (Wildman–Crippen LogP) is 1.76. The van der Waals surface area contributed by atoms with Gasteiger partial charge >= 0.3 is 0 Å². The number of benzene rings is 1. The van der Waals surface area contributed by atoms with E-state index in [2.05, 4.69) is 0 Å². The minimum absolute atomic E-state index is 0.149. The van der Waals surface area contributed by atoms with Crippen LogP contribution in [0.2, 0.25) is 0 Å². The van der Waals surface area contributed by atoms with E-state index in [1.807, 2.05) is 0 Å². The van der Waals surface area contributed by atoms with Gasteiger partial charge in [-0.3, -0.25) is 9.59 Å². The van der Waals surface area contributed by atoms with Crippen LogP contribution in [0.5, 0.6) is 0 Å². The van der Waals surface area contributed by atoms with Crippen LogP contribution in [0.3, 0.4) is 0 Å². The molecule has 0 radical (unpaired) electrons. The van der Waals surface area contributed by atoms with Gasteiger partial charge in [0, 0.05) is 6.04 Å². The van der Waals surface area contributed by atoms with Crippen molar-refractivity contribution < 1.29 is 14.0 Å². The summed E-state index contributed by atoms with van der Waals surface area (Å²) in [6, 6.07) is 3.61. The van der Waals surface area contributed by atoms with E-state index in [0.717, 1.165) is 0 Å². The van der Waals surface area contributed by atoms with E-state index in [1.165, 1.54) is 23.1 Å². The maximum absolute atomic E-state index is 13.0. The first-order valence-corrected chi connectivity index (χ1v) is 4.70. The molecule has 1 aliphatic heterocycles. The van der Waals surface area contributed by atoms with Crippen LogP contribution < -0.4 is 4.90 Å². The quantitative estimate of drug-likeness (QED) is 0.658. The van der Waals surface area contributed by atoms with E-state index < -0.39 is 17.5 Å². The van der Waals surface area contributed by atoms with Crippen LogP contribution in [0.4, 0.5) is 10.1 Å². The Morgan fingerprint density at radius 3 is 2.53 bits per heavy atom. The van der Waals surface area contributed by atoms with E-state index in [0.29, 0.717) is 5.69 Å². The second kappa shape index (κ2) is 3.15. The van der Waals surface area contributed by atoms with Crippen molar-refractivity contribution in [2.45, 2.75) is 19.9 Å². The monoisotopic (exact) mass is 207 g/mol. The number of carbonyl (C=O) groups excluding carboxylic acids is 2.